The highest BCUT2D eigenvalue weighted by atomic mass is 16.2. The topological polar surface area (TPSA) is 101 Å². The molecule has 114 valence electrons. The van der Waals surface area contributed by atoms with E-state index in [2.05, 4.69) is 20.2 Å². The maximum absolute atomic E-state index is 12.6. The lowest BCUT2D eigenvalue weighted by Crippen LogP contribution is -2.22. The van der Waals surface area contributed by atoms with Crippen molar-refractivity contribution in [3.8, 4) is 11.3 Å². The first kappa shape index (κ1) is 13.4. The Balaban J connectivity index is 1.79. The molecule has 3 aromatic rings. The summed E-state index contributed by atoms with van der Waals surface area (Å²) in [4.78, 5) is 23.0. The van der Waals surface area contributed by atoms with Crippen LogP contribution in [0.5, 0.6) is 0 Å². The van der Waals surface area contributed by atoms with Crippen molar-refractivity contribution in [3.05, 3.63) is 53.7 Å². The van der Waals surface area contributed by atoms with E-state index >= 15 is 0 Å². The number of nitrogens with one attached hydrogen (secondary N) is 1. The fourth-order valence-electron chi connectivity index (χ4n) is 2.85. The number of aryl methyl sites for hydroxylation is 1. The SMILES string of the molecule is Cc1cc(-c2cncc(N)c2)nc2c1C(=O)N(c1cn[nH]c1)C2. The molecule has 3 aromatic heterocycles. The van der Waals surface area contributed by atoms with Crippen molar-refractivity contribution in [2.75, 3.05) is 10.6 Å². The summed E-state index contributed by atoms with van der Waals surface area (Å²) in [6.45, 7) is 2.35. The minimum absolute atomic E-state index is 0.0522. The summed E-state index contributed by atoms with van der Waals surface area (Å²) in [7, 11) is 0. The summed E-state index contributed by atoms with van der Waals surface area (Å²) in [6.07, 6.45) is 6.63. The van der Waals surface area contributed by atoms with Gasteiger partial charge in [0.15, 0.2) is 0 Å². The van der Waals surface area contributed by atoms with Crippen molar-refractivity contribution >= 4 is 17.3 Å². The fraction of sp³-hybridized carbons (Fsp3) is 0.125. The number of anilines is 2. The molecule has 0 saturated carbocycles. The van der Waals surface area contributed by atoms with Gasteiger partial charge in [0.2, 0.25) is 0 Å². The highest BCUT2D eigenvalue weighted by Crippen LogP contribution is 2.31. The molecular weight excluding hydrogens is 292 g/mol. The third-order valence-electron chi connectivity index (χ3n) is 3.91. The molecule has 0 fully saturated rings. The summed E-state index contributed by atoms with van der Waals surface area (Å²) in [6, 6.07) is 3.72. The van der Waals surface area contributed by atoms with E-state index in [4.69, 9.17) is 5.73 Å². The molecular formula is C16H14N6O. The number of nitrogen functional groups attached to an aromatic ring is 1. The van der Waals surface area contributed by atoms with Crippen LogP contribution in [-0.4, -0.2) is 26.1 Å². The first-order chi connectivity index (χ1) is 11.1. The zero-order valence-corrected chi connectivity index (χ0v) is 12.4. The number of rotatable bonds is 2. The fourth-order valence-corrected chi connectivity index (χ4v) is 2.85. The van der Waals surface area contributed by atoms with Crippen LogP contribution in [0.3, 0.4) is 0 Å². The monoisotopic (exact) mass is 306 g/mol. The smallest absolute Gasteiger partial charge is 0.260 e. The van der Waals surface area contributed by atoms with Crippen LogP contribution in [0, 0.1) is 6.92 Å². The number of fused-ring (bicyclic) bond motifs is 1. The van der Waals surface area contributed by atoms with Gasteiger partial charge in [0, 0.05) is 24.2 Å². The number of hydrogen-bond acceptors (Lipinski definition) is 5. The summed E-state index contributed by atoms with van der Waals surface area (Å²) < 4.78 is 0. The maximum Gasteiger partial charge on any atom is 0.260 e. The molecule has 0 spiro atoms. The van der Waals surface area contributed by atoms with Gasteiger partial charge in [-0.05, 0) is 24.6 Å². The second-order valence-electron chi connectivity index (χ2n) is 5.50. The Bertz CT molecular complexity index is 903. The van der Waals surface area contributed by atoms with E-state index in [1.54, 1.807) is 29.7 Å². The summed E-state index contributed by atoms with van der Waals surface area (Å²) >= 11 is 0. The summed E-state index contributed by atoms with van der Waals surface area (Å²) in [5.74, 6) is -0.0522. The lowest BCUT2D eigenvalue weighted by Gasteiger charge is -2.11. The molecule has 4 rings (SSSR count). The Hall–Kier alpha value is -3.22. The van der Waals surface area contributed by atoms with Crippen molar-refractivity contribution in [3.63, 3.8) is 0 Å². The molecule has 7 heteroatoms. The Morgan fingerprint density at radius 1 is 1.26 bits per heavy atom. The van der Waals surface area contributed by atoms with Gasteiger partial charge in [0.1, 0.15) is 0 Å². The van der Waals surface area contributed by atoms with Gasteiger partial charge in [0.05, 0.1) is 41.1 Å². The lowest BCUT2D eigenvalue weighted by molar-refractivity contribution is 0.0996. The Morgan fingerprint density at radius 2 is 2.13 bits per heavy atom. The number of nitrogens with two attached hydrogens (primary N) is 1. The van der Waals surface area contributed by atoms with E-state index in [0.717, 1.165) is 28.2 Å². The molecule has 0 unspecified atom stereocenters. The van der Waals surface area contributed by atoms with Gasteiger partial charge in [-0.25, -0.2) is 0 Å². The van der Waals surface area contributed by atoms with Crippen molar-refractivity contribution in [1.82, 2.24) is 20.2 Å². The average molecular weight is 306 g/mol. The molecule has 1 aliphatic rings. The van der Waals surface area contributed by atoms with Crippen molar-refractivity contribution < 1.29 is 4.79 Å². The van der Waals surface area contributed by atoms with Gasteiger partial charge in [-0.15, -0.1) is 0 Å². The normalized spacial score (nSPS) is 13.4. The number of aromatic nitrogens is 4. The van der Waals surface area contributed by atoms with E-state index in [1.165, 1.54) is 0 Å². The van der Waals surface area contributed by atoms with Crippen molar-refractivity contribution in [2.45, 2.75) is 13.5 Å². The van der Waals surface area contributed by atoms with Crippen LogP contribution in [0.4, 0.5) is 11.4 Å². The van der Waals surface area contributed by atoms with Crippen LogP contribution < -0.4 is 10.6 Å². The second-order valence-corrected chi connectivity index (χ2v) is 5.50. The Morgan fingerprint density at radius 3 is 2.87 bits per heavy atom. The molecule has 0 aliphatic carbocycles. The number of hydrogen-bond donors (Lipinski definition) is 2. The third kappa shape index (κ3) is 2.13. The minimum Gasteiger partial charge on any atom is -0.397 e. The lowest BCUT2D eigenvalue weighted by atomic mass is 10.1. The number of carbonyl (C=O) groups excluding carboxylic acids is 1. The Labute approximate surface area is 132 Å². The van der Waals surface area contributed by atoms with Crippen LogP contribution in [0.2, 0.25) is 0 Å². The number of pyridine rings is 2. The predicted molar refractivity (Wildman–Crippen MR) is 85.7 cm³/mol. The van der Waals surface area contributed by atoms with Gasteiger partial charge in [-0.3, -0.25) is 24.8 Å². The molecule has 1 amide bonds. The molecule has 1 aliphatic heterocycles. The summed E-state index contributed by atoms with van der Waals surface area (Å²) in [5, 5.41) is 6.63. The Kier molecular flexibility index (Phi) is 2.87. The molecule has 0 bridgehead atoms. The van der Waals surface area contributed by atoms with Crippen LogP contribution in [0.1, 0.15) is 21.6 Å². The first-order valence-corrected chi connectivity index (χ1v) is 7.15. The van der Waals surface area contributed by atoms with Crippen LogP contribution in [0.15, 0.2) is 36.9 Å². The molecule has 0 radical (unpaired) electrons. The standard InChI is InChI=1S/C16H14N6O/c1-9-2-13(10-3-11(17)5-18-4-10)21-14-8-22(16(23)15(9)14)12-6-19-20-7-12/h2-7H,8,17H2,1H3,(H,19,20). The molecule has 4 heterocycles. The first-order valence-electron chi connectivity index (χ1n) is 7.15. The number of nitrogens with zero attached hydrogens (tertiary/aromatic N) is 4. The molecule has 3 N–H and O–H groups in total. The zero-order chi connectivity index (χ0) is 16.0. The largest absolute Gasteiger partial charge is 0.397 e. The molecule has 0 saturated heterocycles. The van der Waals surface area contributed by atoms with E-state index < -0.39 is 0 Å². The zero-order valence-electron chi connectivity index (χ0n) is 12.4. The predicted octanol–water partition coefficient (Wildman–Crippen LogP) is 1.92. The van der Waals surface area contributed by atoms with Crippen molar-refractivity contribution in [2.24, 2.45) is 0 Å². The number of H-pyrrole nitrogens is 1. The molecule has 23 heavy (non-hydrogen) atoms. The molecule has 0 atom stereocenters. The van der Waals surface area contributed by atoms with Gasteiger partial charge in [-0.1, -0.05) is 0 Å². The summed E-state index contributed by atoms with van der Waals surface area (Å²) in [5.41, 5.74) is 11.0. The van der Waals surface area contributed by atoms with Crippen molar-refractivity contribution in [1.29, 1.82) is 0 Å². The highest BCUT2D eigenvalue weighted by Gasteiger charge is 2.32. The number of carbonyl (C=O) groups is 1. The number of amides is 1. The average Bonchev–Trinajstić information content (AvgIpc) is 3.15. The van der Waals surface area contributed by atoms with E-state index in [-0.39, 0.29) is 5.91 Å². The highest BCUT2D eigenvalue weighted by molar-refractivity contribution is 6.10. The second kappa shape index (κ2) is 4.91. The van der Waals surface area contributed by atoms with E-state index in [9.17, 15) is 4.79 Å². The van der Waals surface area contributed by atoms with E-state index in [0.29, 0.717) is 17.8 Å². The minimum atomic E-state index is -0.0522. The maximum atomic E-state index is 12.6. The molecule has 7 nitrogen and oxygen atoms in total. The van der Waals surface area contributed by atoms with Crippen LogP contribution in [-0.2, 0) is 6.54 Å². The van der Waals surface area contributed by atoms with Gasteiger partial charge in [-0.2, -0.15) is 5.10 Å². The molecule has 0 aromatic carbocycles. The number of aromatic amines is 1. The quantitative estimate of drug-likeness (QED) is 0.753. The van der Waals surface area contributed by atoms with Crippen LogP contribution in [0.25, 0.3) is 11.3 Å². The van der Waals surface area contributed by atoms with Crippen LogP contribution >= 0.6 is 0 Å². The van der Waals surface area contributed by atoms with E-state index in [1.807, 2.05) is 19.1 Å². The van der Waals surface area contributed by atoms with Gasteiger partial charge < -0.3 is 5.73 Å². The van der Waals surface area contributed by atoms with Gasteiger partial charge >= 0.3 is 0 Å². The van der Waals surface area contributed by atoms with Gasteiger partial charge in [0.25, 0.3) is 5.91 Å². The third-order valence-corrected chi connectivity index (χ3v) is 3.91.